The van der Waals surface area contributed by atoms with Crippen LogP contribution in [0, 0.1) is 0 Å². The maximum absolute atomic E-state index is 12.7. The monoisotopic (exact) mass is 366 g/mol. The van der Waals surface area contributed by atoms with E-state index in [-0.39, 0.29) is 12.3 Å². The summed E-state index contributed by atoms with van der Waals surface area (Å²) in [4.78, 5) is 28.0. The van der Waals surface area contributed by atoms with Gasteiger partial charge >= 0.3 is 5.97 Å². The Morgan fingerprint density at radius 2 is 1.96 bits per heavy atom. The number of carboxylic acids is 1. The summed E-state index contributed by atoms with van der Waals surface area (Å²) in [6, 6.07) is 11.5. The summed E-state index contributed by atoms with van der Waals surface area (Å²) in [5, 5.41) is 16.6. The maximum atomic E-state index is 12.7. The van der Waals surface area contributed by atoms with E-state index in [2.05, 4.69) is 10.4 Å². The van der Waals surface area contributed by atoms with Crippen LogP contribution in [0.3, 0.4) is 0 Å². The van der Waals surface area contributed by atoms with Crippen LogP contribution in [0.5, 0.6) is 0 Å². The number of carbonyl (C=O) groups is 2. The van der Waals surface area contributed by atoms with Gasteiger partial charge in [-0.25, -0.2) is 9.67 Å². The summed E-state index contributed by atoms with van der Waals surface area (Å²) in [5.41, 5.74) is 2.85. The summed E-state index contributed by atoms with van der Waals surface area (Å²) < 4.78 is 1.77. The summed E-state index contributed by atoms with van der Waals surface area (Å²) in [7, 11) is 0. The molecule has 0 aliphatic heterocycles. The number of aryl methyl sites for hydroxylation is 1. The fourth-order valence-electron chi connectivity index (χ4n) is 2.92. The highest BCUT2D eigenvalue weighted by molar-refractivity contribution is 6.06. The van der Waals surface area contributed by atoms with Crippen molar-refractivity contribution < 1.29 is 14.7 Å². The van der Waals surface area contributed by atoms with Crippen LogP contribution >= 0.6 is 0 Å². The first-order valence-electron chi connectivity index (χ1n) is 9.02. The van der Waals surface area contributed by atoms with Crippen molar-refractivity contribution in [2.45, 2.75) is 32.7 Å². The first kappa shape index (κ1) is 18.6. The van der Waals surface area contributed by atoms with Gasteiger partial charge in [-0.15, -0.1) is 0 Å². The summed E-state index contributed by atoms with van der Waals surface area (Å²) in [6.07, 6.45) is 2.92. The van der Waals surface area contributed by atoms with Gasteiger partial charge in [0.1, 0.15) is 0 Å². The molecule has 0 bridgehead atoms. The summed E-state index contributed by atoms with van der Waals surface area (Å²) in [6.45, 7) is 3.06. The van der Waals surface area contributed by atoms with Crippen molar-refractivity contribution >= 4 is 22.9 Å². The number of aliphatic carboxylic acids is 1. The van der Waals surface area contributed by atoms with E-state index in [1.807, 2.05) is 37.3 Å². The minimum Gasteiger partial charge on any atom is -0.481 e. The molecule has 0 spiro atoms. The van der Waals surface area contributed by atoms with E-state index < -0.39 is 5.97 Å². The normalized spacial score (nSPS) is 10.9. The number of benzene rings is 1. The number of carbonyl (C=O) groups excluding carboxylic acids is 1. The minimum atomic E-state index is -0.823. The molecule has 0 radical (unpaired) electrons. The van der Waals surface area contributed by atoms with Gasteiger partial charge in [0.05, 0.1) is 22.8 Å². The zero-order valence-corrected chi connectivity index (χ0v) is 15.2. The second kappa shape index (κ2) is 8.44. The molecule has 2 aromatic heterocycles. The number of hydrogen-bond acceptors (Lipinski definition) is 4. The number of pyridine rings is 1. The summed E-state index contributed by atoms with van der Waals surface area (Å²) >= 11 is 0. The number of carboxylic acid groups (broad SMARTS) is 1. The molecule has 2 heterocycles. The van der Waals surface area contributed by atoms with Crippen molar-refractivity contribution in [1.29, 1.82) is 0 Å². The zero-order valence-electron chi connectivity index (χ0n) is 15.2. The molecule has 0 aliphatic rings. The molecule has 7 heteroatoms. The van der Waals surface area contributed by atoms with Crippen molar-refractivity contribution in [2.24, 2.45) is 0 Å². The number of amides is 1. The highest BCUT2D eigenvalue weighted by Gasteiger charge is 2.17. The van der Waals surface area contributed by atoms with Crippen LogP contribution in [0.1, 0.15) is 36.5 Å². The van der Waals surface area contributed by atoms with E-state index in [0.29, 0.717) is 48.2 Å². The first-order chi connectivity index (χ1) is 13.1. The predicted octanol–water partition coefficient (Wildman–Crippen LogP) is 3.10. The Balaban J connectivity index is 1.88. The van der Waals surface area contributed by atoms with Gasteiger partial charge in [-0.1, -0.05) is 30.3 Å². The van der Waals surface area contributed by atoms with Crippen LogP contribution in [-0.2, 0) is 11.3 Å². The van der Waals surface area contributed by atoms with Gasteiger partial charge in [-0.2, -0.15) is 5.10 Å². The quantitative estimate of drug-likeness (QED) is 0.597. The molecule has 0 aliphatic carbocycles. The molecule has 140 valence electrons. The molecular weight excluding hydrogens is 344 g/mol. The van der Waals surface area contributed by atoms with E-state index in [1.165, 1.54) is 0 Å². The Bertz CT molecular complexity index is 951. The van der Waals surface area contributed by atoms with Gasteiger partial charge in [0.2, 0.25) is 0 Å². The molecule has 0 saturated carbocycles. The lowest BCUT2D eigenvalue weighted by Crippen LogP contribution is -2.25. The smallest absolute Gasteiger partial charge is 0.303 e. The predicted molar refractivity (Wildman–Crippen MR) is 102 cm³/mol. The van der Waals surface area contributed by atoms with Crippen LogP contribution in [-0.4, -0.2) is 38.3 Å². The third-order valence-corrected chi connectivity index (χ3v) is 4.33. The number of aromatic nitrogens is 3. The lowest BCUT2D eigenvalue weighted by molar-refractivity contribution is -0.137. The van der Waals surface area contributed by atoms with Crippen LogP contribution in [0.15, 0.2) is 42.6 Å². The largest absolute Gasteiger partial charge is 0.481 e. The number of fused-ring (bicyclic) bond motifs is 1. The summed E-state index contributed by atoms with van der Waals surface area (Å²) in [5.74, 6) is -1.03. The molecule has 0 saturated heterocycles. The minimum absolute atomic E-state index is 0.108. The lowest BCUT2D eigenvalue weighted by atomic mass is 10.1. The van der Waals surface area contributed by atoms with Gasteiger partial charge in [0, 0.05) is 25.1 Å². The lowest BCUT2D eigenvalue weighted by Gasteiger charge is -2.09. The van der Waals surface area contributed by atoms with Crippen LogP contribution in [0.2, 0.25) is 0 Å². The number of nitrogens with one attached hydrogen (secondary N) is 1. The molecule has 1 aromatic carbocycles. The second-order valence-electron chi connectivity index (χ2n) is 6.23. The van der Waals surface area contributed by atoms with Crippen molar-refractivity contribution in [3.05, 3.63) is 48.2 Å². The molecule has 0 unspecified atom stereocenters. The highest BCUT2D eigenvalue weighted by Crippen LogP contribution is 2.24. The van der Waals surface area contributed by atoms with Crippen molar-refractivity contribution in [3.8, 4) is 11.3 Å². The van der Waals surface area contributed by atoms with Gasteiger partial charge in [-0.05, 0) is 25.8 Å². The van der Waals surface area contributed by atoms with Crippen LogP contribution in [0.25, 0.3) is 22.3 Å². The molecule has 3 rings (SSSR count). The molecule has 0 atom stereocenters. The highest BCUT2D eigenvalue weighted by atomic mass is 16.4. The fourth-order valence-corrected chi connectivity index (χ4v) is 2.92. The van der Waals surface area contributed by atoms with Gasteiger partial charge in [0.15, 0.2) is 5.65 Å². The Morgan fingerprint density at radius 3 is 2.67 bits per heavy atom. The SMILES string of the molecule is CCn1ncc2c(C(=O)NCCCCC(=O)O)cc(-c3ccccc3)nc21. The van der Waals surface area contributed by atoms with Gasteiger partial charge in [0.25, 0.3) is 5.91 Å². The molecule has 0 fully saturated rings. The van der Waals surface area contributed by atoms with E-state index in [0.717, 1.165) is 5.56 Å². The van der Waals surface area contributed by atoms with E-state index >= 15 is 0 Å². The average Bonchev–Trinajstić information content (AvgIpc) is 3.10. The van der Waals surface area contributed by atoms with Gasteiger partial charge in [-0.3, -0.25) is 9.59 Å². The maximum Gasteiger partial charge on any atom is 0.303 e. The fraction of sp³-hybridized carbons (Fsp3) is 0.300. The molecule has 2 N–H and O–H groups in total. The van der Waals surface area contributed by atoms with Crippen molar-refractivity contribution in [3.63, 3.8) is 0 Å². The van der Waals surface area contributed by atoms with E-state index in [9.17, 15) is 9.59 Å². The molecule has 3 aromatic rings. The third kappa shape index (κ3) is 4.31. The third-order valence-electron chi connectivity index (χ3n) is 4.33. The van der Waals surface area contributed by atoms with Crippen molar-refractivity contribution in [1.82, 2.24) is 20.1 Å². The first-order valence-corrected chi connectivity index (χ1v) is 9.02. The Morgan fingerprint density at radius 1 is 1.19 bits per heavy atom. The Kier molecular flexibility index (Phi) is 5.80. The van der Waals surface area contributed by atoms with E-state index in [4.69, 9.17) is 10.1 Å². The van der Waals surface area contributed by atoms with Crippen molar-refractivity contribution in [2.75, 3.05) is 6.54 Å². The van der Waals surface area contributed by atoms with Gasteiger partial charge < -0.3 is 10.4 Å². The van der Waals surface area contributed by atoms with Crippen LogP contribution in [0.4, 0.5) is 0 Å². The number of hydrogen-bond donors (Lipinski definition) is 2. The number of rotatable bonds is 8. The number of unbranched alkanes of at least 4 members (excludes halogenated alkanes) is 1. The number of nitrogens with zero attached hydrogens (tertiary/aromatic N) is 3. The van der Waals surface area contributed by atoms with E-state index in [1.54, 1.807) is 16.9 Å². The van der Waals surface area contributed by atoms with Crippen LogP contribution < -0.4 is 5.32 Å². The molecule has 1 amide bonds. The molecule has 27 heavy (non-hydrogen) atoms. The average molecular weight is 366 g/mol. The Hall–Kier alpha value is -3.22. The zero-order chi connectivity index (χ0) is 19.2. The standard InChI is InChI=1S/C20H22N4O3/c1-2-24-19-16(13-22-24)15(20(27)21-11-7-6-10-18(25)26)12-17(23-19)14-8-4-3-5-9-14/h3-5,8-9,12-13H,2,6-7,10-11H2,1H3,(H,21,27)(H,25,26). The topological polar surface area (TPSA) is 97.1 Å². The molecule has 7 nitrogen and oxygen atoms in total. The Labute approximate surface area is 157 Å². The second-order valence-corrected chi connectivity index (χ2v) is 6.23. The molecular formula is C20H22N4O3.